The van der Waals surface area contributed by atoms with E-state index in [0.29, 0.717) is 10.6 Å². The highest BCUT2D eigenvalue weighted by atomic mass is 35.5. The zero-order valence-electron chi connectivity index (χ0n) is 17.0. The quantitative estimate of drug-likeness (QED) is 0.500. The van der Waals surface area contributed by atoms with Gasteiger partial charge in [-0.05, 0) is 28.8 Å². The second-order valence-corrected chi connectivity index (χ2v) is 7.89. The maximum absolute atomic E-state index is 12.7. The van der Waals surface area contributed by atoms with Crippen LogP contribution in [0.1, 0.15) is 41.7 Å². The maximum atomic E-state index is 12.7. The summed E-state index contributed by atoms with van der Waals surface area (Å²) in [6.07, 6.45) is 0.212. The van der Waals surface area contributed by atoms with Crippen molar-refractivity contribution in [2.45, 2.75) is 39.6 Å². The van der Waals surface area contributed by atoms with Crippen molar-refractivity contribution in [2.24, 2.45) is 11.7 Å². The van der Waals surface area contributed by atoms with Crippen molar-refractivity contribution >= 4 is 17.5 Å². The number of halogens is 1. The number of aromatic nitrogens is 6. The van der Waals surface area contributed by atoms with Gasteiger partial charge in [-0.3, -0.25) is 18.7 Å². The van der Waals surface area contributed by atoms with E-state index in [0.717, 1.165) is 15.3 Å². The number of benzene rings is 1. The minimum atomic E-state index is -0.932. The Morgan fingerprint density at radius 3 is 2.48 bits per heavy atom. The van der Waals surface area contributed by atoms with Crippen LogP contribution in [0.15, 0.2) is 40.1 Å². The van der Waals surface area contributed by atoms with E-state index in [2.05, 4.69) is 15.4 Å². The summed E-state index contributed by atoms with van der Waals surface area (Å²) in [6, 6.07) is 6.70. The number of hydrogen-bond acceptors (Lipinski definition) is 7. The van der Waals surface area contributed by atoms with Gasteiger partial charge in [0, 0.05) is 17.8 Å². The predicted molar refractivity (Wildman–Crippen MR) is 112 cm³/mol. The topological polar surface area (TPSA) is 151 Å². The number of nitrogens with zero attached hydrogens (tertiary/aromatic N) is 6. The Morgan fingerprint density at radius 1 is 1.19 bits per heavy atom. The molecule has 0 aliphatic heterocycles. The summed E-state index contributed by atoms with van der Waals surface area (Å²) >= 11 is 5.85. The molecule has 0 aliphatic carbocycles. The number of primary amides is 1. The average molecular weight is 448 g/mol. The third-order valence-electron chi connectivity index (χ3n) is 4.45. The zero-order chi connectivity index (χ0) is 22.7. The van der Waals surface area contributed by atoms with Crippen LogP contribution in [0.5, 0.6) is 0 Å². The van der Waals surface area contributed by atoms with Crippen LogP contribution in [0.25, 0.3) is 0 Å². The molecule has 1 amide bonds. The first-order chi connectivity index (χ1) is 14.7. The summed E-state index contributed by atoms with van der Waals surface area (Å²) in [6.45, 7) is 3.71. The molecule has 0 saturated carbocycles. The summed E-state index contributed by atoms with van der Waals surface area (Å²) in [5.41, 5.74) is 4.29. The first kappa shape index (κ1) is 22.4. The molecule has 0 aliphatic rings. The summed E-state index contributed by atoms with van der Waals surface area (Å²) < 4.78 is 2.11. The van der Waals surface area contributed by atoms with Gasteiger partial charge in [-0.25, -0.2) is 4.79 Å². The maximum Gasteiger partial charge on any atom is 0.331 e. The fourth-order valence-corrected chi connectivity index (χ4v) is 3.10. The van der Waals surface area contributed by atoms with E-state index in [4.69, 9.17) is 17.3 Å². The predicted octanol–water partition coefficient (Wildman–Crippen LogP) is 0.187. The van der Waals surface area contributed by atoms with Gasteiger partial charge in [0.1, 0.15) is 11.7 Å². The lowest BCUT2D eigenvalue weighted by atomic mass is 10.1. The average Bonchev–Trinajstić information content (AvgIpc) is 3.14. The molecule has 2 heterocycles. The monoisotopic (exact) mass is 447 g/mol. The highest BCUT2D eigenvalue weighted by molar-refractivity contribution is 6.30. The molecule has 164 valence electrons. The van der Waals surface area contributed by atoms with Gasteiger partial charge in [-0.2, -0.15) is 4.80 Å². The third kappa shape index (κ3) is 5.25. The molecule has 3 N–H and O–H groups in total. The van der Waals surface area contributed by atoms with Gasteiger partial charge in [-0.15, -0.1) is 10.2 Å². The largest absolute Gasteiger partial charge is 0.386 e. The van der Waals surface area contributed by atoms with Gasteiger partial charge in [0.05, 0.1) is 13.1 Å². The fraction of sp³-hybridized carbons (Fsp3) is 0.368. The van der Waals surface area contributed by atoms with E-state index < -0.39 is 23.3 Å². The molecule has 3 rings (SSSR count). The SMILES string of the molecule is CC(C)Cn1c(=O)c(C(N)=O)cn(Cc2nnn(C[C@H](O)c3ccc(Cl)cc3)n2)c1=O. The molecule has 0 fully saturated rings. The molecule has 31 heavy (non-hydrogen) atoms. The normalized spacial score (nSPS) is 12.3. The molecule has 1 aromatic carbocycles. The van der Waals surface area contributed by atoms with Crippen LogP contribution in [0.3, 0.4) is 0 Å². The second-order valence-electron chi connectivity index (χ2n) is 7.45. The summed E-state index contributed by atoms with van der Waals surface area (Å²) in [5.74, 6) is -0.773. The Hall–Kier alpha value is -3.31. The highest BCUT2D eigenvalue weighted by Crippen LogP contribution is 2.17. The molecular formula is C19H22ClN7O4. The van der Waals surface area contributed by atoms with E-state index in [-0.39, 0.29) is 36.9 Å². The zero-order valence-corrected chi connectivity index (χ0v) is 17.7. The van der Waals surface area contributed by atoms with E-state index in [1.807, 2.05) is 13.8 Å². The third-order valence-corrected chi connectivity index (χ3v) is 4.70. The molecule has 11 nitrogen and oxygen atoms in total. The van der Waals surface area contributed by atoms with Crippen molar-refractivity contribution in [3.63, 3.8) is 0 Å². The van der Waals surface area contributed by atoms with Crippen molar-refractivity contribution in [3.05, 3.63) is 73.3 Å². The molecule has 12 heteroatoms. The molecule has 0 unspecified atom stereocenters. The van der Waals surface area contributed by atoms with Gasteiger partial charge in [0.25, 0.3) is 11.5 Å². The number of amides is 1. The Balaban J connectivity index is 1.84. The lowest BCUT2D eigenvalue weighted by Crippen LogP contribution is -2.44. The summed E-state index contributed by atoms with van der Waals surface area (Å²) in [5, 5.41) is 22.8. The number of carbonyl (C=O) groups is 1. The van der Waals surface area contributed by atoms with Gasteiger partial charge < -0.3 is 10.8 Å². The smallest absolute Gasteiger partial charge is 0.331 e. The first-order valence-corrected chi connectivity index (χ1v) is 9.87. The molecular weight excluding hydrogens is 426 g/mol. The Morgan fingerprint density at radius 2 is 1.87 bits per heavy atom. The number of hydrogen-bond donors (Lipinski definition) is 2. The Bertz CT molecular complexity index is 1200. The minimum absolute atomic E-state index is 0.00432. The molecule has 1 atom stereocenters. The number of rotatable bonds is 8. The number of aliphatic hydroxyl groups excluding tert-OH is 1. The van der Waals surface area contributed by atoms with Crippen molar-refractivity contribution in [1.29, 1.82) is 0 Å². The van der Waals surface area contributed by atoms with Crippen LogP contribution >= 0.6 is 11.6 Å². The van der Waals surface area contributed by atoms with Gasteiger partial charge in [0.2, 0.25) is 0 Å². The molecule has 0 bridgehead atoms. The summed E-state index contributed by atoms with van der Waals surface area (Å²) in [7, 11) is 0. The van der Waals surface area contributed by atoms with Crippen molar-refractivity contribution in [3.8, 4) is 0 Å². The first-order valence-electron chi connectivity index (χ1n) is 9.50. The molecule has 2 aromatic heterocycles. The van der Waals surface area contributed by atoms with Crippen molar-refractivity contribution in [2.75, 3.05) is 0 Å². The molecule has 0 saturated heterocycles. The van der Waals surface area contributed by atoms with E-state index in [9.17, 15) is 19.5 Å². The molecule has 0 spiro atoms. The lowest BCUT2D eigenvalue weighted by molar-refractivity contribution is 0.0996. The Kier molecular flexibility index (Phi) is 6.66. The molecule has 0 radical (unpaired) electrons. The van der Waals surface area contributed by atoms with Crippen LogP contribution < -0.4 is 17.0 Å². The number of carbonyl (C=O) groups excluding carboxylic acids is 1. The number of nitrogens with two attached hydrogens (primary N) is 1. The standard InChI is InChI=1S/C19H22ClN7O4/c1-11(2)7-26-18(30)14(17(21)29)8-25(19(26)31)10-16-22-24-27(23-16)9-15(28)12-3-5-13(20)6-4-12/h3-6,8,11,15,28H,7,9-10H2,1-2H3,(H2,21,29)/t15-/m0/s1. The van der Waals surface area contributed by atoms with Crippen LogP contribution in [0, 0.1) is 5.92 Å². The van der Waals surface area contributed by atoms with Gasteiger partial charge in [-0.1, -0.05) is 37.6 Å². The van der Waals surface area contributed by atoms with Crippen molar-refractivity contribution in [1.82, 2.24) is 29.3 Å². The van der Waals surface area contributed by atoms with Crippen LogP contribution in [-0.4, -0.2) is 40.4 Å². The van der Waals surface area contributed by atoms with Crippen LogP contribution in [0.2, 0.25) is 5.02 Å². The lowest BCUT2D eigenvalue weighted by Gasteiger charge is -2.12. The summed E-state index contributed by atoms with van der Waals surface area (Å²) in [4.78, 5) is 38.0. The number of tetrazole rings is 1. The molecule has 3 aromatic rings. The van der Waals surface area contributed by atoms with Crippen LogP contribution in [0.4, 0.5) is 0 Å². The van der Waals surface area contributed by atoms with Gasteiger partial charge in [0.15, 0.2) is 5.82 Å². The van der Waals surface area contributed by atoms with Gasteiger partial charge >= 0.3 is 5.69 Å². The number of aliphatic hydroxyl groups is 1. The van der Waals surface area contributed by atoms with E-state index in [1.165, 1.54) is 4.80 Å². The van der Waals surface area contributed by atoms with E-state index >= 15 is 0 Å². The second kappa shape index (κ2) is 9.23. The van der Waals surface area contributed by atoms with Crippen LogP contribution in [-0.2, 0) is 19.6 Å². The van der Waals surface area contributed by atoms with Crippen molar-refractivity contribution < 1.29 is 9.90 Å². The fourth-order valence-electron chi connectivity index (χ4n) is 2.98. The minimum Gasteiger partial charge on any atom is -0.386 e. The highest BCUT2D eigenvalue weighted by Gasteiger charge is 2.18. The van der Waals surface area contributed by atoms with E-state index in [1.54, 1.807) is 24.3 Å². The Labute approximate surface area is 181 Å².